The minimum atomic E-state index is -0.691. The number of carbonyl (C=O) groups excluding carboxylic acids is 2. The summed E-state index contributed by atoms with van der Waals surface area (Å²) in [7, 11) is 0. The summed E-state index contributed by atoms with van der Waals surface area (Å²) in [5.74, 6) is -0.0694. The van der Waals surface area contributed by atoms with E-state index < -0.39 is 6.04 Å². The van der Waals surface area contributed by atoms with E-state index in [0.29, 0.717) is 18.8 Å². The molecule has 1 aliphatic heterocycles. The Kier molecular flexibility index (Phi) is 6.10. The van der Waals surface area contributed by atoms with Gasteiger partial charge >= 0.3 is 0 Å². The van der Waals surface area contributed by atoms with Crippen molar-refractivity contribution in [3.63, 3.8) is 0 Å². The van der Waals surface area contributed by atoms with Gasteiger partial charge in [0.05, 0.1) is 6.04 Å². The van der Waals surface area contributed by atoms with Crippen molar-refractivity contribution in [1.29, 1.82) is 0 Å². The molecule has 32 heavy (non-hydrogen) atoms. The van der Waals surface area contributed by atoms with Crippen LogP contribution in [0.3, 0.4) is 0 Å². The largest absolute Gasteiger partial charge is 0.343 e. The second-order valence-electron chi connectivity index (χ2n) is 8.78. The monoisotopic (exact) mass is 431 g/mol. The molecule has 4 rings (SSSR count). The molecule has 3 aromatic rings. The van der Waals surface area contributed by atoms with E-state index in [2.05, 4.69) is 58.2 Å². The van der Waals surface area contributed by atoms with E-state index in [0.717, 1.165) is 16.8 Å². The summed E-state index contributed by atoms with van der Waals surface area (Å²) < 4.78 is 0. The number of hydrogen-bond acceptors (Lipinski definition) is 4. The maximum absolute atomic E-state index is 12.7. The van der Waals surface area contributed by atoms with Crippen LogP contribution in [-0.2, 0) is 28.0 Å². The molecule has 1 aliphatic rings. The molecular weight excluding hydrogens is 402 g/mol. The number of nitrogens with one attached hydrogen (secondary N) is 4. The van der Waals surface area contributed by atoms with Gasteiger partial charge in [0.2, 0.25) is 11.8 Å². The fraction of sp³-hybridized carbons (Fsp3) is 0.320. The first-order valence-electron chi connectivity index (χ1n) is 10.9. The van der Waals surface area contributed by atoms with Gasteiger partial charge in [0.1, 0.15) is 6.04 Å². The molecule has 0 unspecified atom stereocenters. The highest BCUT2D eigenvalue weighted by Gasteiger charge is 2.28. The molecule has 2 atom stereocenters. The highest BCUT2D eigenvalue weighted by Crippen LogP contribution is 2.30. The number of aromatic amines is 1. The van der Waals surface area contributed by atoms with E-state index in [-0.39, 0.29) is 23.3 Å². The Hall–Kier alpha value is -3.45. The minimum Gasteiger partial charge on any atom is -0.343 e. The number of carbonyl (C=O) groups is 2. The fourth-order valence-electron chi connectivity index (χ4n) is 3.97. The highest BCUT2D eigenvalue weighted by molar-refractivity contribution is 5.97. The topological polar surface area (TPSA) is 98.9 Å². The summed E-state index contributed by atoms with van der Waals surface area (Å²) in [4.78, 5) is 25.4. The van der Waals surface area contributed by atoms with Crippen LogP contribution in [0.1, 0.15) is 43.2 Å². The average molecular weight is 432 g/mol. The van der Waals surface area contributed by atoms with Crippen molar-refractivity contribution in [2.75, 3.05) is 5.32 Å². The maximum Gasteiger partial charge on any atom is 0.247 e. The van der Waals surface area contributed by atoms with Crippen LogP contribution in [0.2, 0.25) is 0 Å². The van der Waals surface area contributed by atoms with Crippen LogP contribution in [-0.4, -0.2) is 34.1 Å². The lowest BCUT2D eigenvalue weighted by atomic mass is 9.82. The first-order chi connectivity index (χ1) is 15.3. The highest BCUT2D eigenvalue weighted by atomic mass is 16.2. The standard InChI is InChI=1S/C25H29N5O2/c1-16(27-24(32)20-13-17-9-7-8-10-18(17)15-26-20)23(31)28-22-14-21(29-30-22)25(2,3)19-11-5-4-6-12-19/h4-12,14,16,20,26H,13,15H2,1-3H3,(H,27,32)(H2,28,29,30,31)/t16-,20-/m0/s1. The zero-order valence-corrected chi connectivity index (χ0v) is 18.6. The third kappa shape index (κ3) is 4.57. The van der Waals surface area contributed by atoms with Gasteiger partial charge < -0.3 is 16.0 Å². The van der Waals surface area contributed by atoms with Crippen LogP contribution in [0.5, 0.6) is 0 Å². The smallest absolute Gasteiger partial charge is 0.247 e. The molecule has 1 aromatic heterocycles. The van der Waals surface area contributed by atoms with Gasteiger partial charge in [-0.3, -0.25) is 14.7 Å². The van der Waals surface area contributed by atoms with E-state index in [4.69, 9.17) is 0 Å². The quantitative estimate of drug-likeness (QED) is 0.482. The third-order valence-electron chi connectivity index (χ3n) is 6.15. The van der Waals surface area contributed by atoms with Crippen molar-refractivity contribution in [2.24, 2.45) is 0 Å². The van der Waals surface area contributed by atoms with Crippen molar-refractivity contribution >= 4 is 17.6 Å². The van der Waals surface area contributed by atoms with Gasteiger partial charge in [0.15, 0.2) is 5.82 Å². The number of anilines is 1. The summed E-state index contributed by atoms with van der Waals surface area (Å²) in [5, 5.41) is 16.1. The molecule has 0 radical (unpaired) electrons. The van der Waals surface area contributed by atoms with E-state index in [9.17, 15) is 9.59 Å². The van der Waals surface area contributed by atoms with Gasteiger partial charge in [-0.2, -0.15) is 5.10 Å². The molecule has 0 aliphatic carbocycles. The SMILES string of the molecule is C[C@H](NC(=O)[C@@H]1Cc2ccccc2CN1)C(=O)Nc1cc(C(C)(C)c2ccccc2)[nH]n1. The molecular formula is C25H29N5O2. The molecule has 0 saturated carbocycles. The second-order valence-corrected chi connectivity index (χ2v) is 8.78. The first-order valence-corrected chi connectivity index (χ1v) is 10.9. The molecule has 2 amide bonds. The van der Waals surface area contributed by atoms with Crippen molar-refractivity contribution in [3.8, 4) is 0 Å². The number of H-pyrrole nitrogens is 1. The summed E-state index contributed by atoms with van der Waals surface area (Å²) >= 11 is 0. The molecule has 7 nitrogen and oxygen atoms in total. The summed E-state index contributed by atoms with van der Waals surface area (Å²) in [5.41, 5.74) is 4.10. The van der Waals surface area contributed by atoms with Crippen LogP contribution >= 0.6 is 0 Å². The molecule has 2 heterocycles. The Morgan fingerprint density at radius 2 is 1.75 bits per heavy atom. The Bertz CT molecular complexity index is 1110. The Labute approximate surface area is 188 Å². The van der Waals surface area contributed by atoms with Gasteiger partial charge in [-0.15, -0.1) is 0 Å². The van der Waals surface area contributed by atoms with Gasteiger partial charge in [0.25, 0.3) is 0 Å². The van der Waals surface area contributed by atoms with Crippen molar-refractivity contribution in [1.82, 2.24) is 20.8 Å². The predicted molar refractivity (Wildman–Crippen MR) is 124 cm³/mol. The van der Waals surface area contributed by atoms with Gasteiger partial charge in [-0.05, 0) is 30.0 Å². The molecule has 7 heteroatoms. The number of fused-ring (bicyclic) bond motifs is 1. The van der Waals surface area contributed by atoms with Crippen LogP contribution in [0.4, 0.5) is 5.82 Å². The van der Waals surface area contributed by atoms with E-state index in [1.165, 1.54) is 5.56 Å². The molecule has 4 N–H and O–H groups in total. The molecule has 0 bridgehead atoms. The summed E-state index contributed by atoms with van der Waals surface area (Å²) in [6.07, 6.45) is 0.605. The summed E-state index contributed by atoms with van der Waals surface area (Å²) in [6.45, 7) is 6.51. The maximum atomic E-state index is 12.7. The Balaban J connectivity index is 1.35. The number of aromatic nitrogens is 2. The van der Waals surface area contributed by atoms with Crippen molar-refractivity contribution in [2.45, 2.75) is 51.2 Å². The zero-order chi connectivity index (χ0) is 22.7. The van der Waals surface area contributed by atoms with Crippen LogP contribution < -0.4 is 16.0 Å². The number of rotatable bonds is 6. The molecule has 2 aromatic carbocycles. The molecule has 166 valence electrons. The lowest BCUT2D eigenvalue weighted by molar-refractivity contribution is -0.127. The molecule has 0 spiro atoms. The lowest BCUT2D eigenvalue weighted by Crippen LogP contribution is -2.52. The van der Waals surface area contributed by atoms with E-state index in [1.54, 1.807) is 6.92 Å². The van der Waals surface area contributed by atoms with Crippen LogP contribution in [0.15, 0.2) is 60.7 Å². The Morgan fingerprint density at radius 1 is 1.06 bits per heavy atom. The third-order valence-corrected chi connectivity index (χ3v) is 6.15. The number of benzene rings is 2. The van der Waals surface area contributed by atoms with Crippen LogP contribution in [0.25, 0.3) is 0 Å². The lowest BCUT2D eigenvalue weighted by Gasteiger charge is -2.26. The predicted octanol–water partition coefficient (Wildman–Crippen LogP) is 2.89. The van der Waals surface area contributed by atoms with Gasteiger partial charge in [-0.1, -0.05) is 68.4 Å². The van der Waals surface area contributed by atoms with E-state index in [1.807, 2.05) is 42.5 Å². The molecule has 0 saturated heterocycles. The fourth-order valence-corrected chi connectivity index (χ4v) is 3.97. The van der Waals surface area contributed by atoms with Gasteiger partial charge in [-0.25, -0.2) is 0 Å². The van der Waals surface area contributed by atoms with Gasteiger partial charge in [0, 0.05) is 23.7 Å². The van der Waals surface area contributed by atoms with Crippen molar-refractivity contribution in [3.05, 3.63) is 83.0 Å². The minimum absolute atomic E-state index is 0.185. The second kappa shape index (κ2) is 8.96. The zero-order valence-electron chi connectivity index (χ0n) is 18.6. The first kappa shape index (κ1) is 21.8. The number of hydrogen-bond donors (Lipinski definition) is 4. The number of amides is 2. The number of nitrogens with zero attached hydrogens (tertiary/aromatic N) is 1. The van der Waals surface area contributed by atoms with Crippen LogP contribution in [0, 0.1) is 0 Å². The average Bonchev–Trinajstić information content (AvgIpc) is 3.28. The summed E-state index contributed by atoms with van der Waals surface area (Å²) in [6, 6.07) is 19.0. The Morgan fingerprint density at radius 3 is 2.50 bits per heavy atom. The normalized spacial score (nSPS) is 16.7. The van der Waals surface area contributed by atoms with Crippen molar-refractivity contribution < 1.29 is 9.59 Å². The van der Waals surface area contributed by atoms with E-state index >= 15 is 0 Å². The molecule has 0 fully saturated rings.